The molecule has 3 aliphatic heterocycles. The number of nitrogens with one attached hydrogen (secondary N) is 3. The molecule has 3 heterocycles. The lowest BCUT2D eigenvalue weighted by Crippen LogP contribution is -2.36. The molecule has 3 aliphatic rings. The Morgan fingerprint density at radius 3 is 2.37 bits per heavy atom. The zero-order valence-corrected chi connectivity index (χ0v) is 20.8. The van der Waals surface area contributed by atoms with Crippen LogP contribution in [0.1, 0.15) is 32.1 Å². The van der Waals surface area contributed by atoms with Crippen LogP contribution in [0.5, 0.6) is 0 Å². The minimum Gasteiger partial charge on any atom is -0.379 e. The van der Waals surface area contributed by atoms with Gasteiger partial charge in [-0.2, -0.15) is 11.8 Å². The molecule has 3 unspecified atom stereocenters. The normalized spacial score (nSPS) is 23.0. The Kier molecular flexibility index (Phi) is 11.8. The molecule has 3 atom stereocenters. The first-order valence-electron chi connectivity index (χ1n) is 12.3. The van der Waals surface area contributed by atoms with Gasteiger partial charge < -0.3 is 30.2 Å². The summed E-state index contributed by atoms with van der Waals surface area (Å²) in [6, 6.07) is 0.414. The molecule has 2 fully saturated rings. The maximum atomic E-state index is 12.0. The highest BCUT2D eigenvalue weighted by Gasteiger charge is 2.42. The van der Waals surface area contributed by atoms with Crippen LogP contribution in [0, 0.1) is 0 Å². The Hall–Kier alpha value is -2.15. The van der Waals surface area contributed by atoms with E-state index in [1.165, 1.54) is 12.2 Å². The maximum absolute atomic E-state index is 12.0. The van der Waals surface area contributed by atoms with Crippen LogP contribution >= 0.6 is 11.8 Å². The predicted octanol–water partition coefficient (Wildman–Crippen LogP) is 0.193. The standard InChI is InChI=1S/C23H36N4O7S/c28-19(5-2-1-4-18-22-17(16-35-18)25-23(31)26-22)24-8-3-10-32-12-14-34-15-13-33-11-9-27-20(29)6-7-21(27)30/h6-7,17-18,22H,1-5,8-16H2,(H,24,28)(H2,25,26,31). The molecule has 0 spiro atoms. The molecule has 3 N–H and O–H groups in total. The molecule has 5 amide bonds. The fraction of sp³-hybridized carbons (Fsp3) is 0.739. The summed E-state index contributed by atoms with van der Waals surface area (Å²) in [5.41, 5.74) is 0. The summed E-state index contributed by atoms with van der Waals surface area (Å²) in [4.78, 5) is 47.2. The fourth-order valence-corrected chi connectivity index (χ4v) is 5.66. The van der Waals surface area contributed by atoms with E-state index in [4.69, 9.17) is 14.2 Å². The van der Waals surface area contributed by atoms with Crippen molar-refractivity contribution in [2.45, 2.75) is 49.4 Å². The average Bonchev–Trinajstić information content (AvgIpc) is 3.49. The molecule has 0 aromatic carbocycles. The fourth-order valence-electron chi connectivity index (χ4n) is 4.11. The Bertz CT molecular complexity index is 748. The summed E-state index contributed by atoms with van der Waals surface area (Å²) in [6.45, 7) is 3.36. The van der Waals surface area contributed by atoms with Gasteiger partial charge in [-0.1, -0.05) is 6.42 Å². The summed E-state index contributed by atoms with van der Waals surface area (Å²) in [5, 5.41) is 9.30. The van der Waals surface area contributed by atoms with Gasteiger partial charge in [-0.15, -0.1) is 0 Å². The zero-order chi connectivity index (χ0) is 24.9. The van der Waals surface area contributed by atoms with E-state index in [0.29, 0.717) is 51.2 Å². The molecule has 0 bridgehead atoms. The largest absolute Gasteiger partial charge is 0.379 e. The minimum atomic E-state index is -0.307. The number of carbonyl (C=O) groups is 4. The van der Waals surface area contributed by atoms with Crippen LogP contribution in [0.25, 0.3) is 0 Å². The lowest BCUT2D eigenvalue weighted by atomic mass is 10.0. The van der Waals surface area contributed by atoms with Gasteiger partial charge in [-0.05, 0) is 19.3 Å². The molecule has 0 aliphatic carbocycles. The van der Waals surface area contributed by atoms with Gasteiger partial charge in [-0.3, -0.25) is 19.3 Å². The van der Waals surface area contributed by atoms with Crippen LogP contribution in [0.4, 0.5) is 4.79 Å². The Balaban J connectivity index is 1.03. The number of imide groups is 1. The molecule has 196 valence electrons. The SMILES string of the molecule is O=C(CCCCC1SCC2NC(=O)NC21)NCCCOCCOCCOCCN1C(=O)C=CC1=O. The maximum Gasteiger partial charge on any atom is 0.315 e. The number of nitrogens with zero attached hydrogens (tertiary/aromatic N) is 1. The Morgan fingerprint density at radius 2 is 1.63 bits per heavy atom. The molecule has 11 nitrogen and oxygen atoms in total. The number of hydrogen-bond acceptors (Lipinski definition) is 8. The minimum absolute atomic E-state index is 0.0615. The van der Waals surface area contributed by atoms with Crippen molar-refractivity contribution in [1.29, 1.82) is 0 Å². The number of amides is 5. The van der Waals surface area contributed by atoms with Crippen LogP contribution in [0.15, 0.2) is 12.2 Å². The lowest BCUT2D eigenvalue weighted by Gasteiger charge is -2.16. The van der Waals surface area contributed by atoms with E-state index in [9.17, 15) is 19.2 Å². The van der Waals surface area contributed by atoms with Crippen LogP contribution in [-0.4, -0.2) is 104 Å². The zero-order valence-electron chi connectivity index (χ0n) is 20.0. The predicted molar refractivity (Wildman–Crippen MR) is 130 cm³/mol. The van der Waals surface area contributed by atoms with Crippen molar-refractivity contribution in [3.63, 3.8) is 0 Å². The van der Waals surface area contributed by atoms with E-state index in [1.54, 1.807) is 0 Å². The highest BCUT2D eigenvalue weighted by molar-refractivity contribution is 8.00. The molecule has 0 saturated carbocycles. The molecule has 12 heteroatoms. The molecular weight excluding hydrogens is 476 g/mol. The van der Waals surface area contributed by atoms with Gasteiger partial charge in [0.15, 0.2) is 0 Å². The molecule has 0 radical (unpaired) electrons. The third-order valence-electron chi connectivity index (χ3n) is 5.97. The van der Waals surface area contributed by atoms with Crippen molar-refractivity contribution in [2.75, 3.05) is 58.5 Å². The number of fused-ring (bicyclic) bond motifs is 1. The third-order valence-corrected chi connectivity index (χ3v) is 7.48. The smallest absolute Gasteiger partial charge is 0.315 e. The number of unbranched alkanes of at least 4 members (excludes halogenated alkanes) is 1. The van der Waals surface area contributed by atoms with Gasteiger partial charge in [0.2, 0.25) is 5.91 Å². The first kappa shape index (κ1) is 27.4. The van der Waals surface area contributed by atoms with Crippen LogP contribution < -0.4 is 16.0 Å². The van der Waals surface area contributed by atoms with Crippen LogP contribution in [0.2, 0.25) is 0 Å². The van der Waals surface area contributed by atoms with Gasteiger partial charge in [0.1, 0.15) is 0 Å². The van der Waals surface area contributed by atoms with Gasteiger partial charge in [-0.25, -0.2) is 4.79 Å². The van der Waals surface area contributed by atoms with Crippen molar-refractivity contribution in [2.24, 2.45) is 0 Å². The van der Waals surface area contributed by atoms with E-state index in [2.05, 4.69) is 16.0 Å². The molecule has 0 aromatic rings. The second kappa shape index (κ2) is 15.1. The quantitative estimate of drug-likeness (QED) is 0.135. The Morgan fingerprint density at radius 1 is 0.943 bits per heavy atom. The van der Waals surface area contributed by atoms with Crippen LogP contribution in [-0.2, 0) is 28.6 Å². The van der Waals surface area contributed by atoms with E-state index < -0.39 is 0 Å². The van der Waals surface area contributed by atoms with Crippen molar-refractivity contribution in [1.82, 2.24) is 20.9 Å². The van der Waals surface area contributed by atoms with E-state index in [1.807, 2.05) is 11.8 Å². The van der Waals surface area contributed by atoms with E-state index in [0.717, 1.165) is 36.3 Å². The molecule has 3 rings (SSSR count). The molecule has 2 saturated heterocycles. The number of thioether (sulfide) groups is 1. The Labute approximate surface area is 210 Å². The highest BCUT2D eigenvalue weighted by Crippen LogP contribution is 2.33. The molecule has 0 aromatic heterocycles. The summed E-state index contributed by atoms with van der Waals surface area (Å²) < 4.78 is 16.3. The second-order valence-electron chi connectivity index (χ2n) is 8.57. The van der Waals surface area contributed by atoms with Gasteiger partial charge >= 0.3 is 6.03 Å². The second-order valence-corrected chi connectivity index (χ2v) is 9.84. The molecule has 35 heavy (non-hydrogen) atoms. The van der Waals surface area contributed by atoms with Crippen molar-refractivity contribution in [3.05, 3.63) is 12.2 Å². The lowest BCUT2D eigenvalue weighted by molar-refractivity contribution is -0.137. The number of rotatable bonds is 18. The monoisotopic (exact) mass is 512 g/mol. The topological polar surface area (TPSA) is 135 Å². The van der Waals surface area contributed by atoms with Crippen molar-refractivity contribution < 1.29 is 33.4 Å². The number of ether oxygens (including phenoxy) is 3. The van der Waals surface area contributed by atoms with E-state index in [-0.39, 0.29) is 49.0 Å². The van der Waals surface area contributed by atoms with Crippen LogP contribution in [0.3, 0.4) is 0 Å². The van der Waals surface area contributed by atoms with Crippen molar-refractivity contribution >= 4 is 35.5 Å². The first-order valence-corrected chi connectivity index (χ1v) is 13.3. The molecular formula is C23H36N4O7S. The number of hydrogen-bond donors (Lipinski definition) is 3. The summed E-state index contributed by atoms with van der Waals surface area (Å²) in [7, 11) is 0. The highest BCUT2D eigenvalue weighted by atomic mass is 32.2. The third kappa shape index (κ3) is 9.43. The van der Waals surface area contributed by atoms with E-state index >= 15 is 0 Å². The van der Waals surface area contributed by atoms with Gasteiger partial charge in [0.05, 0.1) is 51.7 Å². The van der Waals surface area contributed by atoms with Gasteiger partial charge in [0, 0.05) is 42.7 Å². The average molecular weight is 513 g/mol. The summed E-state index contributed by atoms with van der Waals surface area (Å²) in [6.07, 6.45) is 6.62. The number of carbonyl (C=O) groups excluding carboxylic acids is 4. The number of urea groups is 1. The van der Waals surface area contributed by atoms with Gasteiger partial charge in [0.25, 0.3) is 11.8 Å². The van der Waals surface area contributed by atoms with Crippen molar-refractivity contribution in [3.8, 4) is 0 Å². The first-order chi connectivity index (χ1) is 17.0. The summed E-state index contributed by atoms with van der Waals surface area (Å²) >= 11 is 1.90. The summed E-state index contributed by atoms with van der Waals surface area (Å²) in [5.74, 6) is 0.413.